The summed E-state index contributed by atoms with van der Waals surface area (Å²) in [5.74, 6) is 0.780. The van der Waals surface area contributed by atoms with E-state index in [1.807, 2.05) is 0 Å². The summed E-state index contributed by atoms with van der Waals surface area (Å²) in [6.07, 6.45) is 0. The Kier molecular flexibility index (Phi) is 4.70. The molecule has 29 heavy (non-hydrogen) atoms. The zero-order valence-corrected chi connectivity index (χ0v) is 16.2. The van der Waals surface area contributed by atoms with Crippen molar-refractivity contribution >= 4 is 5.57 Å². The quantitative estimate of drug-likeness (QED) is 0.333. The van der Waals surface area contributed by atoms with Crippen molar-refractivity contribution in [2.45, 2.75) is 11.8 Å². The fourth-order valence-corrected chi connectivity index (χ4v) is 4.15. The SMILES string of the molecule is C(=C(c1ccccc1)c1ccccc1)=C1C(c2ccccc2)C1c1ccccc1. The topological polar surface area (TPSA) is 0 Å². The third kappa shape index (κ3) is 3.59. The second-order valence-corrected chi connectivity index (χ2v) is 7.46. The molecule has 0 aromatic heterocycles. The lowest BCUT2D eigenvalue weighted by molar-refractivity contribution is 1.03. The van der Waals surface area contributed by atoms with Crippen LogP contribution >= 0.6 is 0 Å². The number of allylic oxidation sites excluding steroid dienone is 1. The van der Waals surface area contributed by atoms with E-state index in [2.05, 4.69) is 127 Å². The van der Waals surface area contributed by atoms with Gasteiger partial charge in [0.1, 0.15) is 0 Å². The van der Waals surface area contributed by atoms with Gasteiger partial charge in [0.15, 0.2) is 0 Å². The number of rotatable bonds is 4. The van der Waals surface area contributed by atoms with Crippen LogP contribution in [0.15, 0.2) is 133 Å². The van der Waals surface area contributed by atoms with Gasteiger partial charge in [0, 0.05) is 17.4 Å². The Morgan fingerprint density at radius 2 is 0.793 bits per heavy atom. The van der Waals surface area contributed by atoms with Crippen molar-refractivity contribution in [3.05, 3.63) is 155 Å². The van der Waals surface area contributed by atoms with Gasteiger partial charge in [-0.15, -0.1) is 5.73 Å². The summed E-state index contributed by atoms with van der Waals surface area (Å²) in [6, 6.07) is 42.9. The van der Waals surface area contributed by atoms with E-state index in [-0.39, 0.29) is 0 Å². The lowest BCUT2D eigenvalue weighted by Crippen LogP contribution is -1.85. The van der Waals surface area contributed by atoms with Crippen LogP contribution in [0, 0.1) is 0 Å². The van der Waals surface area contributed by atoms with Crippen LogP contribution in [-0.2, 0) is 0 Å². The highest BCUT2D eigenvalue weighted by Crippen LogP contribution is 2.59. The second-order valence-electron chi connectivity index (χ2n) is 7.46. The van der Waals surface area contributed by atoms with Crippen LogP contribution < -0.4 is 0 Å². The molecule has 5 rings (SSSR count). The Morgan fingerprint density at radius 1 is 0.448 bits per heavy atom. The Bertz CT molecular complexity index is 1060. The first-order valence-electron chi connectivity index (χ1n) is 10.1. The van der Waals surface area contributed by atoms with Gasteiger partial charge < -0.3 is 0 Å². The highest BCUT2D eigenvalue weighted by Gasteiger charge is 2.46. The Morgan fingerprint density at radius 3 is 1.17 bits per heavy atom. The monoisotopic (exact) mass is 370 g/mol. The second kappa shape index (κ2) is 7.80. The predicted octanol–water partition coefficient (Wildman–Crippen LogP) is 7.22. The van der Waals surface area contributed by atoms with Crippen LogP contribution in [0.2, 0.25) is 0 Å². The van der Waals surface area contributed by atoms with Crippen molar-refractivity contribution in [1.29, 1.82) is 0 Å². The molecular formula is C29H22. The minimum atomic E-state index is 0.390. The van der Waals surface area contributed by atoms with Gasteiger partial charge in [-0.25, -0.2) is 0 Å². The zero-order chi connectivity index (χ0) is 19.5. The minimum Gasteiger partial charge on any atom is -0.111 e. The van der Waals surface area contributed by atoms with E-state index in [1.54, 1.807) is 0 Å². The molecule has 0 amide bonds. The van der Waals surface area contributed by atoms with Gasteiger partial charge in [-0.05, 0) is 27.8 Å². The van der Waals surface area contributed by atoms with E-state index in [1.165, 1.54) is 33.4 Å². The van der Waals surface area contributed by atoms with Gasteiger partial charge in [-0.3, -0.25) is 0 Å². The standard InChI is InChI=1S/C29H22/c1-5-13-22(14-6-1)26(23-15-7-2-8-16-23)21-27-28(24-17-9-3-10-18-24)29(27)25-19-11-4-12-20-25/h1-20,28-29H. The molecule has 0 radical (unpaired) electrons. The van der Waals surface area contributed by atoms with Crippen LogP contribution in [0.1, 0.15) is 34.1 Å². The Hall–Kier alpha value is -3.60. The summed E-state index contributed by atoms with van der Waals surface area (Å²) < 4.78 is 0. The van der Waals surface area contributed by atoms with E-state index < -0.39 is 0 Å². The summed E-state index contributed by atoms with van der Waals surface area (Å²) in [7, 11) is 0. The molecule has 2 atom stereocenters. The molecule has 4 aromatic carbocycles. The first-order chi connectivity index (χ1) is 14.4. The van der Waals surface area contributed by atoms with E-state index >= 15 is 0 Å². The van der Waals surface area contributed by atoms with Gasteiger partial charge >= 0.3 is 0 Å². The fraction of sp³-hybridized carbons (Fsp3) is 0.0690. The van der Waals surface area contributed by atoms with Crippen LogP contribution in [0.4, 0.5) is 0 Å². The number of hydrogen-bond donors (Lipinski definition) is 0. The summed E-state index contributed by atoms with van der Waals surface area (Å²) in [5, 5.41) is 0. The highest BCUT2D eigenvalue weighted by atomic mass is 14.5. The summed E-state index contributed by atoms with van der Waals surface area (Å²) in [4.78, 5) is 0. The average Bonchev–Trinajstić information content (AvgIpc) is 3.54. The van der Waals surface area contributed by atoms with Crippen LogP contribution in [0.3, 0.4) is 0 Å². The lowest BCUT2D eigenvalue weighted by Gasteiger charge is -2.05. The molecule has 0 aliphatic heterocycles. The molecule has 0 spiro atoms. The molecule has 1 aliphatic rings. The van der Waals surface area contributed by atoms with Crippen molar-refractivity contribution in [2.75, 3.05) is 0 Å². The summed E-state index contributed by atoms with van der Waals surface area (Å²) in [5.41, 5.74) is 11.5. The van der Waals surface area contributed by atoms with E-state index in [9.17, 15) is 0 Å². The highest BCUT2D eigenvalue weighted by molar-refractivity contribution is 5.80. The maximum absolute atomic E-state index is 3.85. The molecule has 0 nitrogen and oxygen atoms in total. The van der Waals surface area contributed by atoms with E-state index in [4.69, 9.17) is 0 Å². The molecule has 1 saturated carbocycles. The van der Waals surface area contributed by atoms with E-state index in [0.29, 0.717) is 11.8 Å². The first kappa shape index (κ1) is 17.5. The summed E-state index contributed by atoms with van der Waals surface area (Å²) in [6.45, 7) is 0. The largest absolute Gasteiger partial charge is 0.111 e. The van der Waals surface area contributed by atoms with Crippen molar-refractivity contribution in [3.63, 3.8) is 0 Å². The number of benzene rings is 4. The molecule has 4 aromatic rings. The van der Waals surface area contributed by atoms with Crippen molar-refractivity contribution in [2.24, 2.45) is 0 Å². The lowest BCUT2D eigenvalue weighted by atomic mass is 9.98. The van der Waals surface area contributed by atoms with Gasteiger partial charge in [-0.1, -0.05) is 121 Å². The Labute approximate surface area is 172 Å². The number of hydrogen-bond acceptors (Lipinski definition) is 0. The molecule has 2 unspecified atom stereocenters. The third-order valence-electron chi connectivity index (χ3n) is 5.61. The van der Waals surface area contributed by atoms with Gasteiger partial charge in [0.05, 0.1) is 0 Å². The van der Waals surface area contributed by atoms with Gasteiger partial charge in [0.25, 0.3) is 0 Å². The predicted molar refractivity (Wildman–Crippen MR) is 121 cm³/mol. The molecule has 0 saturated heterocycles. The maximum Gasteiger partial charge on any atom is 0.0309 e. The smallest absolute Gasteiger partial charge is 0.0309 e. The molecule has 0 N–H and O–H groups in total. The fourth-order valence-electron chi connectivity index (χ4n) is 4.15. The first-order valence-corrected chi connectivity index (χ1v) is 10.1. The zero-order valence-electron chi connectivity index (χ0n) is 16.2. The maximum atomic E-state index is 3.85. The molecular weight excluding hydrogens is 348 g/mol. The van der Waals surface area contributed by atoms with Crippen molar-refractivity contribution in [1.82, 2.24) is 0 Å². The van der Waals surface area contributed by atoms with Crippen LogP contribution in [-0.4, -0.2) is 0 Å². The molecule has 1 fully saturated rings. The van der Waals surface area contributed by atoms with Crippen molar-refractivity contribution < 1.29 is 0 Å². The van der Waals surface area contributed by atoms with Crippen molar-refractivity contribution in [3.8, 4) is 0 Å². The average molecular weight is 370 g/mol. The summed E-state index contributed by atoms with van der Waals surface area (Å²) >= 11 is 0. The van der Waals surface area contributed by atoms with Gasteiger partial charge in [-0.2, -0.15) is 0 Å². The normalized spacial score (nSPS) is 17.4. The molecule has 0 heteroatoms. The molecule has 0 heterocycles. The van der Waals surface area contributed by atoms with Crippen LogP contribution in [0.25, 0.3) is 5.57 Å². The Balaban J connectivity index is 1.71. The minimum absolute atomic E-state index is 0.390. The molecule has 0 bridgehead atoms. The van der Waals surface area contributed by atoms with E-state index in [0.717, 1.165) is 0 Å². The molecule has 138 valence electrons. The van der Waals surface area contributed by atoms with Crippen LogP contribution in [0.5, 0.6) is 0 Å². The van der Waals surface area contributed by atoms with Gasteiger partial charge in [0.2, 0.25) is 0 Å². The molecule has 1 aliphatic carbocycles. The third-order valence-corrected chi connectivity index (χ3v) is 5.61.